The average molecular weight is 260 g/mol. The van der Waals surface area contributed by atoms with E-state index in [1.54, 1.807) is 0 Å². The van der Waals surface area contributed by atoms with Crippen molar-refractivity contribution in [2.45, 2.75) is 12.8 Å². The van der Waals surface area contributed by atoms with E-state index in [1.165, 1.54) is 0 Å². The Hall–Kier alpha value is 2.11. The van der Waals surface area contributed by atoms with Crippen LogP contribution in [0.25, 0.3) is 0 Å². The van der Waals surface area contributed by atoms with Crippen LogP contribution >= 0.6 is 0 Å². The van der Waals surface area contributed by atoms with Crippen molar-refractivity contribution in [3.8, 4) is 0 Å². The molecule has 0 radical (unpaired) electrons. The van der Waals surface area contributed by atoms with E-state index in [-0.39, 0.29) is 21.7 Å². The summed E-state index contributed by atoms with van der Waals surface area (Å²) in [7, 11) is 0. The van der Waals surface area contributed by atoms with Gasteiger partial charge in [0.2, 0.25) is 0 Å². The molecule has 0 amide bonds. The fourth-order valence-corrected chi connectivity index (χ4v) is 1.06. The molecule has 0 atom stereocenters. The zero-order chi connectivity index (χ0) is 8.24. The van der Waals surface area contributed by atoms with Crippen molar-refractivity contribution in [1.82, 2.24) is 0 Å². The number of hydrogen-bond donors (Lipinski definition) is 0. The number of hydrogen-bond acceptors (Lipinski definition) is 4. The molecule has 0 N–H and O–H groups in total. The van der Waals surface area contributed by atoms with E-state index in [0.717, 1.165) is 35.9 Å². The van der Waals surface area contributed by atoms with Crippen LogP contribution in [0.2, 0.25) is 0 Å². The summed E-state index contributed by atoms with van der Waals surface area (Å²) in [4.78, 5) is 0. The fraction of sp³-hybridized carbons (Fsp3) is 1.00. The molecule has 0 aliphatic carbocycles. The molecule has 0 aromatic heterocycles. The largest absolute Gasteiger partial charge is 4.00 e. The minimum atomic E-state index is 0. The molecular weight excluding hydrogens is 248 g/mol. The van der Waals surface area contributed by atoms with Crippen molar-refractivity contribution in [3.05, 3.63) is 0 Å². The zero-order valence-electron chi connectivity index (χ0n) is 6.38. The van der Waals surface area contributed by atoms with Gasteiger partial charge in [-0.1, -0.05) is 12.8 Å². The Morgan fingerprint density at radius 1 is 0.545 bits per heavy atom. The van der Waals surface area contributed by atoms with Crippen LogP contribution in [0.15, 0.2) is 0 Å². The van der Waals surface area contributed by atoms with Gasteiger partial charge in [0.05, 0.1) is 0 Å². The van der Waals surface area contributed by atoms with Crippen molar-refractivity contribution in [3.63, 3.8) is 0 Å². The van der Waals surface area contributed by atoms with Crippen LogP contribution in [-0.4, -0.2) is 23.0 Å². The van der Waals surface area contributed by atoms with Crippen LogP contribution in [0.4, 0.5) is 0 Å². The fourth-order valence-electron chi connectivity index (χ4n) is 0.118. The molecular formula is C6H12S4Ti. The van der Waals surface area contributed by atoms with E-state index in [0.29, 0.717) is 0 Å². The molecule has 0 fully saturated rings. The Morgan fingerprint density at radius 3 is 0.727 bits per heavy atom. The van der Waals surface area contributed by atoms with Gasteiger partial charge in [-0.3, -0.25) is 0 Å². The summed E-state index contributed by atoms with van der Waals surface area (Å²) in [6.07, 6.45) is 2.04. The molecule has 0 spiro atoms. The monoisotopic (exact) mass is 260 g/mol. The van der Waals surface area contributed by atoms with Crippen molar-refractivity contribution >= 4 is 50.5 Å². The summed E-state index contributed by atoms with van der Waals surface area (Å²) in [6, 6.07) is 0. The van der Waals surface area contributed by atoms with E-state index in [1.807, 2.05) is 0 Å². The van der Waals surface area contributed by atoms with Gasteiger partial charge in [-0.05, 0) is 0 Å². The Balaban J connectivity index is -0.000000107. The Kier molecular flexibility index (Phi) is 38.9. The van der Waals surface area contributed by atoms with Gasteiger partial charge < -0.3 is 50.5 Å². The summed E-state index contributed by atoms with van der Waals surface area (Å²) < 4.78 is 0. The molecule has 0 nitrogen and oxygen atoms in total. The van der Waals surface area contributed by atoms with E-state index in [4.69, 9.17) is 0 Å². The SMILES string of the molecule is [S-]CCC[S-].[S-]CCC[S-].[Ti+4]. The first kappa shape index (κ1) is 18.8. The third-order valence-corrected chi connectivity index (χ3v) is 1.73. The minimum absolute atomic E-state index is 0. The van der Waals surface area contributed by atoms with E-state index >= 15 is 0 Å². The third-order valence-electron chi connectivity index (χ3n) is 0.577. The maximum Gasteiger partial charge on any atom is 4.00 e. The molecule has 0 aromatic carbocycles. The summed E-state index contributed by atoms with van der Waals surface area (Å²) in [5.41, 5.74) is 0. The molecule has 0 aliphatic rings. The first-order valence-electron chi connectivity index (χ1n) is 3.15. The Bertz CT molecular complexity index is 35.6. The van der Waals surface area contributed by atoms with Gasteiger partial charge in [0, 0.05) is 0 Å². The van der Waals surface area contributed by atoms with Crippen molar-refractivity contribution in [2.24, 2.45) is 0 Å². The molecule has 0 rings (SSSR count). The normalized spacial score (nSPS) is 7.64. The van der Waals surface area contributed by atoms with Gasteiger partial charge in [-0.2, -0.15) is 23.0 Å². The maximum absolute atomic E-state index is 4.58. The first-order chi connectivity index (χ1) is 4.83. The van der Waals surface area contributed by atoms with Gasteiger partial charge in [-0.15, -0.1) is 0 Å². The van der Waals surface area contributed by atoms with Crippen molar-refractivity contribution in [2.75, 3.05) is 23.0 Å². The van der Waals surface area contributed by atoms with Crippen LogP contribution in [0.1, 0.15) is 12.8 Å². The topological polar surface area (TPSA) is 0 Å². The van der Waals surface area contributed by atoms with Gasteiger partial charge in [-0.25, -0.2) is 0 Å². The van der Waals surface area contributed by atoms with Crippen LogP contribution in [0, 0.1) is 0 Å². The second kappa shape index (κ2) is 22.7. The average Bonchev–Trinajstić information content (AvgIpc) is 1.93. The smallest absolute Gasteiger partial charge is 0.793 e. The first-order valence-corrected chi connectivity index (χ1v) is 5.46. The van der Waals surface area contributed by atoms with E-state index in [9.17, 15) is 0 Å². The van der Waals surface area contributed by atoms with Gasteiger partial charge in [0.25, 0.3) is 0 Å². The molecule has 64 valence electrons. The second-order valence-corrected chi connectivity index (χ2v) is 3.16. The van der Waals surface area contributed by atoms with Crippen LogP contribution in [0.3, 0.4) is 0 Å². The van der Waals surface area contributed by atoms with Gasteiger partial charge in [0.1, 0.15) is 0 Å². The maximum atomic E-state index is 4.58. The molecule has 0 unspecified atom stereocenters. The molecule has 0 saturated heterocycles. The van der Waals surface area contributed by atoms with Gasteiger partial charge in [0.15, 0.2) is 0 Å². The van der Waals surface area contributed by atoms with Crippen LogP contribution < -0.4 is 0 Å². The molecule has 0 bridgehead atoms. The van der Waals surface area contributed by atoms with E-state index in [2.05, 4.69) is 50.5 Å². The predicted molar refractivity (Wildman–Crippen MR) is 58.2 cm³/mol. The minimum Gasteiger partial charge on any atom is -0.793 e. The second-order valence-electron chi connectivity index (χ2n) is 1.52. The van der Waals surface area contributed by atoms with Gasteiger partial charge >= 0.3 is 21.7 Å². The predicted octanol–water partition coefficient (Wildman–Crippen LogP) is 0.938. The third kappa shape index (κ3) is 33.1. The van der Waals surface area contributed by atoms with Crippen LogP contribution in [0.5, 0.6) is 0 Å². The quantitative estimate of drug-likeness (QED) is 0.545. The Labute approximate surface area is 107 Å². The summed E-state index contributed by atoms with van der Waals surface area (Å²) >= 11 is 18.3. The number of rotatable bonds is 4. The van der Waals surface area contributed by atoms with Crippen molar-refractivity contribution in [1.29, 1.82) is 0 Å². The summed E-state index contributed by atoms with van der Waals surface area (Å²) in [6.45, 7) is 0. The zero-order valence-corrected chi connectivity index (χ0v) is 11.2. The molecule has 0 aliphatic heterocycles. The summed E-state index contributed by atoms with van der Waals surface area (Å²) in [5, 5.41) is 0. The molecule has 11 heavy (non-hydrogen) atoms. The van der Waals surface area contributed by atoms with E-state index < -0.39 is 0 Å². The standard InChI is InChI=1S/2C3H8S2.Ti/c2*4-2-1-3-5;/h2*4-5H,1-3H2;/q;;+4/p-4. The Morgan fingerprint density at radius 2 is 0.727 bits per heavy atom. The van der Waals surface area contributed by atoms with Crippen LogP contribution in [-0.2, 0) is 72.2 Å². The molecule has 0 saturated carbocycles. The van der Waals surface area contributed by atoms with Crippen molar-refractivity contribution < 1.29 is 21.7 Å². The molecule has 0 aromatic rings. The molecule has 5 heteroatoms. The molecule has 0 heterocycles. The summed E-state index contributed by atoms with van der Waals surface area (Å²) in [5.74, 6) is 3.29.